The summed E-state index contributed by atoms with van der Waals surface area (Å²) in [6.45, 7) is 0. The van der Waals surface area contributed by atoms with Crippen molar-refractivity contribution in [3.8, 4) is 11.3 Å². The van der Waals surface area contributed by atoms with Crippen LogP contribution in [0.25, 0.3) is 22.0 Å². The van der Waals surface area contributed by atoms with Gasteiger partial charge in [-0.05, 0) is 23.6 Å². The summed E-state index contributed by atoms with van der Waals surface area (Å²) in [5.74, 6) is -1.65. The zero-order valence-corrected chi connectivity index (χ0v) is 19.3. The van der Waals surface area contributed by atoms with E-state index in [4.69, 9.17) is 5.41 Å². The van der Waals surface area contributed by atoms with Crippen LogP contribution in [-0.2, 0) is 13.2 Å². The number of aromatic nitrogens is 4. The molecule has 0 unspecified atom stereocenters. The van der Waals surface area contributed by atoms with Crippen molar-refractivity contribution >= 4 is 40.6 Å². The quantitative estimate of drug-likeness (QED) is 0.157. The molecule has 1 aromatic carbocycles. The maximum absolute atomic E-state index is 14.3. The van der Waals surface area contributed by atoms with Crippen molar-refractivity contribution in [1.29, 1.82) is 5.41 Å². The molecule has 4 rings (SSSR count). The average molecular weight is 532 g/mol. The van der Waals surface area contributed by atoms with Crippen LogP contribution >= 0.6 is 0 Å². The Morgan fingerprint density at radius 1 is 1.24 bits per heavy atom. The Balaban J connectivity index is 1.79. The van der Waals surface area contributed by atoms with Crippen LogP contribution in [0.1, 0.15) is 28.0 Å². The van der Waals surface area contributed by atoms with E-state index in [0.29, 0.717) is 0 Å². The Bertz CT molecular complexity index is 1620. The molecule has 0 saturated heterocycles. The number of halogens is 5. The third-order valence-electron chi connectivity index (χ3n) is 5.35. The predicted octanol–water partition coefficient (Wildman–Crippen LogP) is 4.58. The second-order valence-electron chi connectivity index (χ2n) is 7.74. The monoisotopic (exact) mass is 532 g/mol. The lowest BCUT2D eigenvalue weighted by atomic mass is 9.99. The first-order valence-electron chi connectivity index (χ1n) is 10.7. The molecule has 196 valence electrons. The molecule has 1 amide bonds. The second-order valence-corrected chi connectivity index (χ2v) is 7.74. The number of hydrazone groups is 1. The molecule has 38 heavy (non-hydrogen) atoms. The minimum atomic E-state index is -5.05. The zero-order valence-electron chi connectivity index (χ0n) is 19.3. The van der Waals surface area contributed by atoms with Crippen LogP contribution in [0.5, 0.6) is 0 Å². The molecule has 0 bridgehead atoms. The van der Waals surface area contributed by atoms with Crippen molar-refractivity contribution in [2.75, 3.05) is 10.7 Å². The number of anilines is 2. The van der Waals surface area contributed by atoms with Crippen molar-refractivity contribution in [2.24, 2.45) is 12.1 Å². The van der Waals surface area contributed by atoms with E-state index in [9.17, 15) is 31.5 Å². The van der Waals surface area contributed by atoms with Gasteiger partial charge in [-0.25, -0.2) is 13.8 Å². The van der Waals surface area contributed by atoms with Crippen molar-refractivity contribution in [3.63, 3.8) is 0 Å². The van der Waals surface area contributed by atoms with Crippen molar-refractivity contribution in [1.82, 2.24) is 19.7 Å². The van der Waals surface area contributed by atoms with Crippen LogP contribution in [0.2, 0.25) is 0 Å². The summed E-state index contributed by atoms with van der Waals surface area (Å²) in [5.41, 5.74) is -2.17. The second kappa shape index (κ2) is 10.2. The maximum atomic E-state index is 14.3. The molecule has 10 nitrogen and oxygen atoms in total. The Labute approximate surface area is 209 Å². The van der Waals surface area contributed by atoms with Gasteiger partial charge in [-0.3, -0.25) is 19.7 Å². The van der Waals surface area contributed by atoms with Gasteiger partial charge in [0.25, 0.3) is 17.9 Å². The highest BCUT2D eigenvalue weighted by molar-refractivity contribution is 6.14. The Morgan fingerprint density at radius 3 is 2.68 bits per heavy atom. The van der Waals surface area contributed by atoms with E-state index >= 15 is 0 Å². The molecule has 0 fully saturated rings. The van der Waals surface area contributed by atoms with Crippen LogP contribution in [0.15, 0.2) is 52.6 Å². The standard InChI is InChI=1S/C23H17F5N8O2/c1-36-18(22(38)33-11-9-15(19(24)25)20(31-10-11)34-32-8-6-29)16(23(26,27)28)17(35-36)13-3-2-4-14-12(13)5-7-30-21(14)37/h2-10,19,29H,1H3,(H,30,37)(H,31,34)(H,33,38)/b29-6?,32-8-. The van der Waals surface area contributed by atoms with E-state index in [1.54, 1.807) is 0 Å². The number of nitrogens with zero attached hydrogens (tertiary/aromatic N) is 4. The fraction of sp³-hybridized carbons (Fsp3) is 0.130. The Kier molecular flexibility index (Phi) is 7.01. The number of hydrogen-bond acceptors (Lipinski definition) is 7. The SMILES string of the molecule is Cn1nc(-c2cccc3c(=O)[nH]ccc23)c(C(F)(F)F)c1C(=O)Nc1cnc(N/N=C\C=N)c(C(F)F)c1. The predicted molar refractivity (Wildman–Crippen MR) is 130 cm³/mol. The van der Waals surface area contributed by atoms with E-state index in [0.717, 1.165) is 36.4 Å². The van der Waals surface area contributed by atoms with E-state index in [1.165, 1.54) is 30.5 Å². The highest BCUT2D eigenvalue weighted by Gasteiger charge is 2.42. The summed E-state index contributed by atoms with van der Waals surface area (Å²) in [4.78, 5) is 31.4. The van der Waals surface area contributed by atoms with Crippen molar-refractivity contribution < 1.29 is 26.7 Å². The van der Waals surface area contributed by atoms with Gasteiger partial charge < -0.3 is 15.7 Å². The molecule has 0 saturated carbocycles. The number of H-pyrrole nitrogens is 1. The zero-order chi connectivity index (χ0) is 27.6. The number of carbonyl (C=O) groups excluding carboxylic acids is 1. The topological polar surface area (TPSA) is 141 Å². The summed E-state index contributed by atoms with van der Waals surface area (Å²) < 4.78 is 70.7. The molecule has 0 atom stereocenters. The molecule has 0 radical (unpaired) electrons. The largest absolute Gasteiger partial charge is 0.420 e. The first-order valence-corrected chi connectivity index (χ1v) is 10.7. The molecule has 15 heteroatoms. The first kappa shape index (κ1) is 26.1. The average Bonchev–Trinajstić information content (AvgIpc) is 3.22. The molecule has 4 aromatic rings. The molecule has 3 heterocycles. The van der Waals surface area contributed by atoms with Gasteiger partial charge in [-0.1, -0.05) is 12.1 Å². The number of carbonyl (C=O) groups is 1. The fourth-order valence-corrected chi connectivity index (χ4v) is 3.81. The molecule has 0 aliphatic heterocycles. The van der Waals surface area contributed by atoms with Crippen LogP contribution < -0.4 is 16.3 Å². The van der Waals surface area contributed by atoms with Gasteiger partial charge in [0, 0.05) is 30.4 Å². The number of amides is 1. The molecule has 4 N–H and O–H groups in total. The number of pyridine rings is 2. The van der Waals surface area contributed by atoms with E-state index < -0.39 is 46.6 Å². The minimum Gasteiger partial charge on any atom is -0.329 e. The Morgan fingerprint density at radius 2 is 2.00 bits per heavy atom. The van der Waals surface area contributed by atoms with Gasteiger partial charge in [0.2, 0.25) is 0 Å². The van der Waals surface area contributed by atoms with E-state index in [2.05, 4.69) is 30.9 Å². The van der Waals surface area contributed by atoms with Gasteiger partial charge in [-0.15, -0.1) is 0 Å². The third-order valence-corrected chi connectivity index (χ3v) is 5.35. The number of aryl methyl sites for hydroxylation is 1. The number of hydrogen-bond donors (Lipinski definition) is 4. The lowest BCUT2D eigenvalue weighted by Gasteiger charge is -2.13. The van der Waals surface area contributed by atoms with Crippen LogP contribution in [0.4, 0.5) is 33.5 Å². The summed E-state index contributed by atoms with van der Waals surface area (Å²) in [6.07, 6.45) is -4.13. The van der Waals surface area contributed by atoms with Gasteiger partial charge in [0.1, 0.15) is 17.0 Å². The normalized spacial score (nSPS) is 11.9. The highest BCUT2D eigenvalue weighted by atomic mass is 19.4. The third kappa shape index (κ3) is 4.98. The number of alkyl halides is 5. The number of nitrogens with one attached hydrogen (secondary N) is 4. The maximum Gasteiger partial charge on any atom is 0.420 e. The lowest BCUT2D eigenvalue weighted by Crippen LogP contribution is -2.21. The molecule has 3 aromatic heterocycles. The smallest absolute Gasteiger partial charge is 0.329 e. The fourth-order valence-electron chi connectivity index (χ4n) is 3.81. The number of benzene rings is 1. The highest BCUT2D eigenvalue weighted by Crippen LogP contribution is 2.41. The summed E-state index contributed by atoms with van der Waals surface area (Å²) in [5, 5.41) is 16.7. The number of rotatable bonds is 7. The van der Waals surface area contributed by atoms with Gasteiger partial charge in [-0.2, -0.15) is 23.4 Å². The number of aromatic amines is 1. The van der Waals surface area contributed by atoms with Crippen molar-refractivity contribution in [2.45, 2.75) is 12.6 Å². The van der Waals surface area contributed by atoms with Crippen LogP contribution in [0, 0.1) is 5.41 Å². The molecular formula is C23H17F5N8O2. The lowest BCUT2D eigenvalue weighted by molar-refractivity contribution is -0.137. The van der Waals surface area contributed by atoms with E-state index in [-0.39, 0.29) is 27.8 Å². The molecular weight excluding hydrogens is 515 g/mol. The summed E-state index contributed by atoms with van der Waals surface area (Å²) in [7, 11) is 1.13. The van der Waals surface area contributed by atoms with Gasteiger partial charge in [0.05, 0.1) is 23.7 Å². The van der Waals surface area contributed by atoms with Crippen molar-refractivity contribution in [3.05, 3.63) is 69.9 Å². The van der Waals surface area contributed by atoms with Gasteiger partial charge in [0.15, 0.2) is 5.82 Å². The first-order chi connectivity index (χ1) is 18.0. The molecule has 0 spiro atoms. The minimum absolute atomic E-state index is 0.0295. The summed E-state index contributed by atoms with van der Waals surface area (Å²) >= 11 is 0. The molecule has 0 aliphatic rings. The molecule has 0 aliphatic carbocycles. The summed E-state index contributed by atoms with van der Waals surface area (Å²) in [6, 6.07) is 6.41. The van der Waals surface area contributed by atoms with Crippen LogP contribution in [-0.4, -0.2) is 38.1 Å². The van der Waals surface area contributed by atoms with Gasteiger partial charge >= 0.3 is 6.18 Å². The van der Waals surface area contributed by atoms with Crippen LogP contribution in [0.3, 0.4) is 0 Å². The Hall–Kier alpha value is -4.95. The number of fused-ring (bicyclic) bond motifs is 1. The van der Waals surface area contributed by atoms with E-state index in [1.807, 2.05) is 0 Å².